The van der Waals surface area contributed by atoms with Gasteiger partial charge in [0.1, 0.15) is 0 Å². The molecule has 0 aliphatic rings. The van der Waals surface area contributed by atoms with Gasteiger partial charge in [0, 0.05) is 19.2 Å². The zero-order chi connectivity index (χ0) is 16.6. The zero-order valence-corrected chi connectivity index (χ0v) is 13.0. The first-order chi connectivity index (χ1) is 11.0. The van der Waals surface area contributed by atoms with Gasteiger partial charge in [0.15, 0.2) is 17.3 Å². The molecule has 2 aromatic heterocycles. The van der Waals surface area contributed by atoms with Crippen molar-refractivity contribution < 1.29 is 14.4 Å². The molecule has 0 atom stereocenters. The minimum atomic E-state index is -0.994. The summed E-state index contributed by atoms with van der Waals surface area (Å²) in [6, 6.07) is 6.58. The van der Waals surface area contributed by atoms with Crippen molar-refractivity contribution in [1.29, 1.82) is 0 Å². The summed E-state index contributed by atoms with van der Waals surface area (Å²) in [5, 5.41) is 12.9. The highest BCUT2D eigenvalue weighted by Crippen LogP contribution is 2.30. The van der Waals surface area contributed by atoms with Crippen LogP contribution in [0.1, 0.15) is 24.2 Å². The number of carboxylic acid groups (broad SMARTS) is 1. The van der Waals surface area contributed by atoms with Crippen molar-refractivity contribution >= 4 is 22.8 Å². The average molecular weight is 312 g/mol. The number of nitrogens with zero attached hydrogens (tertiary/aromatic N) is 4. The van der Waals surface area contributed by atoms with Gasteiger partial charge in [-0.2, -0.15) is 0 Å². The van der Waals surface area contributed by atoms with Gasteiger partial charge >= 0.3 is 5.97 Å². The van der Waals surface area contributed by atoms with Gasteiger partial charge < -0.3 is 14.5 Å². The SMILES string of the molecule is CC(C)N(C)c1nc2cc(C(=O)O)ccc2nc1-c1ccno1. The predicted molar refractivity (Wildman–Crippen MR) is 85.5 cm³/mol. The summed E-state index contributed by atoms with van der Waals surface area (Å²) >= 11 is 0. The van der Waals surface area contributed by atoms with Crippen molar-refractivity contribution in [2.75, 3.05) is 11.9 Å². The first-order valence-corrected chi connectivity index (χ1v) is 7.16. The standard InChI is InChI=1S/C16H16N4O3/c1-9(2)20(3)15-14(13-6-7-17-23-13)18-11-5-4-10(16(21)22)8-12(11)19-15/h4-9H,1-3H3,(H,21,22). The summed E-state index contributed by atoms with van der Waals surface area (Å²) in [5.41, 5.74) is 1.88. The van der Waals surface area contributed by atoms with Crippen LogP contribution in [0.2, 0.25) is 0 Å². The second-order valence-electron chi connectivity index (χ2n) is 5.49. The van der Waals surface area contributed by atoms with Crippen LogP contribution in [0, 0.1) is 0 Å². The highest BCUT2D eigenvalue weighted by molar-refractivity contribution is 5.93. The van der Waals surface area contributed by atoms with Crippen molar-refractivity contribution in [2.24, 2.45) is 0 Å². The lowest BCUT2D eigenvalue weighted by Gasteiger charge is -2.24. The maximum absolute atomic E-state index is 11.1. The van der Waals surface area contributed by atoms with Crippen molar-refractivity contribution in [3.05, 3.63) is 36.0 Å². The van der Waals surface area contributed by atoms with Gasteiger partial charge in [-0.05, 0) is 32.0 Å². The molecule has 0 bridgehead atoms. The molecular weight excluding hydrogens is 296 g/mol. The normalized spacial score (nSPS) is 11.1. The maximum Gasteiger partial charge on any atom is 0.335 e. The van der Waals surface area contributed by atoms with Crippen molar-refractivity contribution in [1.82, 2.24) is 15.1 Å². The van der Waals surface area contributed by atoms with Crippen molar-refractivity contribution in [2.45, 2.75) is 19.9 Å². The van der Waals surface area contributed by atoms with Crippen molar-refractivity contribution in [3.63, 3.8) is 0 Å². The minimum Gasteiger partial charge on any atom is -0.478 e. The number of carbonyl (C=O) groups is 1. The Morgan fingerprint density at radius 2 is 2.00 bits per heavy atom. The number of fused-ring (bicyclic) bond motifs is 1. The molecule has 3 rings (SSSR count). The highest BCUT2D eigenvalue weighted by Gasteiger charge is 2.19. The van der Waals surface area contributed by atoms with Gasteiger partial charge in [0.25, 0.3) is 0 Å². The lowest BCUT2D eigenvalue weighted by atomic mass is 10.1. The Morgan fingerprint density at radius 1 is 1.22 bits per heavy atom. The van der Waals surface area contributed by atoms with Crippen LogP contribution >= 0.6 is 0 Å². The Bertz CT molecular complexity index is 859. The molecule has 0 unspecified atom stereocenters. The molecule has 118 valence electrons. The number of aromatic carboxylic acids is 1. The van der Waals surface area contributed by atoms with Crippen molar-refractivity contribution in [3.8, 4) is 11.5 Å². The summed E-state index contributed by atoms with van der Waals surface area (Å²) in [5.74, 6) is 0.141. The van der Waals surface area contributed by atoms with E-state index < -0.39 is 5.97 Å². The van der Waals surface area contributed by atoms with Gasteiger partial charge in [-0.3, -0.25) is 0 Å². The van der Waals surface area contributed by atoms with E-state index in [9.17, 15) is 4.79 Å². The van der Waals surface area contributed by atoms with Crippen LogP contribution in [0.3, 0.4) is 0 Å². The summed E-state index contributed by atoms with van der Waals surface area (Å²) < 4.78 is 5.23. The first-order valence-electron chi connectivity index (χ1n) is 7.16. The number of carboxylic acids is 1. The van der Waals surface area contributed by atoms with Crippen LogP contribution < -0.4 is 4.90 Å². The molecule has 0 radical (unpaired) electrons. The van der Waals surface area contributed by atoms with Gasteiger partial charge in [0.2, 0.25) is 0 Å². The number of aromatic nitrogens is 3. The molecule has 0 saturated carbocycles. The van der Waals surface area contributed by atoms with Gasteiger partial charge in [-0.15, -0.1) is 0 Å². The molecule has 0 saturated heterocycles. The molecule has 7 heteroatoms. The fourth-order valence-electron chi connectivity index (χ4n) is 2.17. The lowest BCUT2D eigenvalue weighted by molar-refractivity contribution is 0.0697. The van der Waals surface area contributed by atoms with Gasteiger partial charge in [0.05, 0.1) is 22.8 Å². The van der Waals surface area contributed by atoms with Crippen LogP contribution in [0.25, 0.3) is 22.5 Å². The van der Waals surface area contributed by atoms with Crippen LogP contribution in [-0.4, -0.2) is 39.3 Å². The Labute approximate surface area is 132 Å². The summed E-state index contributed by atoms with van der Waals surface area (Å²) in [7, 11) is 1.90. The highest BCUT2D eigenvalue weighted by atomic mass is 16.5. The van der Waals surface area contributed by atoms with Crippen LogP contribution in [0.15, 0.2) is 35.0 Å². The van der Waals surface area contributed by atoms with E-state index in [0.717, 1.165) is 0 Å². The molecule has 3 aromatic rings. The lowest BCUT2D eigenvalue weighted by Crippen LogP contribution is -2.27. The molecule has 0 amide bonds. The van der Waals surface area contributed by atoms with Gasteiger partial charge in [-0.1, -0.05) is 5.16 Å². The molecular formula is C16H16N4O3. The van der Waals surface area contributed by atoms with E-state index in [2.05, 4.69) is 15.1 Å². The van der Waals surface area contributed by atoms with E-state index in [4.69, 9.17) is 9.63 Å². The summed E-state index contributed by atoms with van der Waals surface area (Å²) in [6.45, 7) is 4.06. The maximum atomic E-state index is 11.1. The second kappa shape index (κ2) is 5.68. The number of hydrogen-bond acceptors (Lipinski definition) is 6. The Balaban J connectivity index is 2.26. The fraction of sp³-hybridized carbons (Fsp3) is 0.250. The molecule has 0 aliphatic carbocycles. The Hall–Kier alpha value is -2.96. The molecule has 1 aromatic carbocycles. The third-order valence-electron chi connectivity index (χ3n) is 3.67. The number of benzene rings is 1. The summed E-state index contributed by atoms with van der Waals surface area (Å²) in [6.07, 6.45) is 1.55. The van der Waals surface area contributed by atoms with E-state index in [-0.39, 0.29) is 11.6 Å². The van der Waals surface area contributed by atoms with E-state index >= 15 is 0 Å². The van der Waals surface area contributed by atoms with Gasteiger partial charge in [-0.25, -0.2) is 14.8 Å². The second-order valence-corrected chi connectivity index (χ2v) is 5.49. The molecule has 1 N–H and O–H groups in total. The Kier molecular flexibility index (Phi) is 3.69. The van der Waals surface area contributed by atoms with E-state index in [0.29, 0.717) is 28.3 Å². The number of anilines is 1. The smallest absolute Gasteiger partial charge is 0.335 e. The molecule has 0 fully saturated rings. The van der Waals surface area contributed by atoms with E-state index in [1.807, 2.05) is 25.8 Å². The molecule has 23 heavy (non-hydrogen) atoms. The van der Waals surface area contributed by atoms with Crippen LogP contribution in [0.5, 0.6) is 0 Å². The predicted octanol–water partition coefficient (Wildman–Crippen LogP) is 2.83. The third-order valence-corrected chi connectivity index (χ3v) is 3.67. The number of hydrogen-bond donors (Lipinski definition) is 1. The average Bonchev–Trinajstić information content (AvgIpc) is 3.06. The number of rotatable bonds is 4. The zero-order valence-electron chi connectivity index (χ0n) is 13.0. The quantitative estimate of drug-likeness (QED) is 0.791. The van der Waals surface area contributed by atoms with E-state index in [1.165, 1.54) is 12.1 Å². The largest absolute Gasteiger partial charge is 0.478 e. The van der Waals surface area contributed by atoms with E-state index in [1.54, 1.807) is 18.3 Å². The fourth-order valence-corrected chi connectivity index (χ4v) is 2.17. The third kappa shape index (κ3) is 2.73. The molecule has 7 nitrogen and oxygen atoms in total. The molecule has 2 heterocycles. The van der Waals surface area contributed by atoms with Crippen LogP contribution in [0.4, 0.5) is 5.82 Å². The first kappa shape index (κ1) is 15.0. The topological polar surface area (TPSA) is 92.4 Å². The minimum absolute atomic E-state index is 0.178. The van der Waals surface area contributed by atoms with Crippen LogP contribution in [-0.2, 0) is 0 Å². The molecule has 0 spiro atoms. The monoisotopic (exact) mass is 312 g/mol. The molecule has 0 aliphatic heterocycles. The summed E-state index contributed by atoms with van der Waals surface area (Å²) in [4.78, 5) is 22.3. The Morgan fingerprint density at radius 3 is 2.61 bits per heavy atom.